The molecule has 2 N–H and O–H groups in total. The van der Waals surface area contributed by atoms with E-state index in [2.05, 4.69) is 39.8 Å². The van der Waals surface area contributed by atoms with Gasteiger partial charge < -0.3 is 15.0 Å². The van der Waals surface area contributed by atoms with E-state index in [4.69, 9.17) is 4.74 Å². The van der Waals surface area contributed by atoms with E-state index in [9.17, 15) is 9.59 Å². The second-order valence-corrected chi connectivity index (χ2v) is 6.92. The van der Waals surface area contributed by atoms with Crippen LogP contribution < -0.4 is 10.6 Å². The molecule has 0 bridgehead atoms. The van der Waals surface area contributed by atoms with E-state index in [0.29, 0.717) is 31.1 Å². The molecule has 0 atom stereocenters. The summed E-state index contributed by atoms with van der Waals surface area (Å²) >= 11 is 0. The summed E-state index contributed by atoms with van der Waals surface area (Å²) in [6, 6.07) is 17.3. The summed E-state index contributed by atoms with van der Waals surface area (Å²) in [5, 5.41) is 5.54. The zero-order chi connectivity index (χ0) is 20.5. The Labute approximate surface area is 171 Å². The average molecular weight is 396 g/mol. The van der Waals surface area contributed by atoms with E-state index in [-0.39, 0.29) is 6.03 Å². The lowest BCUT2D eigenvalue weighted by Crippen LogP contribution is -2.50. The fourth-order valence-electron chi connectivity index (χ4n) is 3.23. The molecule has 0 radical (unpaired) electrons. The van der Waals surface area contributed by atoms with Gasteiger partial charge in [0.1, 0.15) is 0 Å². The molecule has 7 nitrogen and oxygen atoms in total. The van der Waals surface area contributed by atoms with Gasteiger partial charge in [0.15, 0.2) is 0 Å². The number of urea groups is 1. The first-order valence-corrected chi connectivity index (χ1v) is 10.00. The Bertz CT molecular complexity index is 787. The maximum Gasteiger partial charge on any atom is 0.411 e. The smallest absolute Gasteiger partial charge is 0.411 e. The molecule has 1 saturated heterocycles. The van der Waals surface area contributed by atoms with E-state index in [1.807, 2.05) is 11.0 Å². The van der Waals surface area contributed by atoms with Gasteiger partial charge in [-0.1, -0.05) is 30.3 Å². The largest absolute Gasteiger partial charge is 0.450 e. The maximum absolute atomic E-state index is 12.5. The van der Waals surface area contributed by atoms with Gasteiger partial charge in [0, 0.05) is 44.1 Å². The number of carbonyl (C=O) groups excluding carboxylic acids is 2. The molecule has 0 unspecified atom stereocenters. The molecular formula is C22H28N4O3. The Morgan fingerprint density at radius 1 is 0.897 bits per heavy atom. The lowest BCUT2D eigenvalue weighted by molar-refractivity contribution is 0.148. The molecule has 1 aliphatic heterocycles. The molecule has 2 aromatic carbocycles. The van der Waals surface area contributed by atoms with Gasteiger partial charge in [-0.3, -0.25) is 10.2 Å². The van der Waals surface area contributed by atoms with Crippen LogP contribution in [0.25, 0.3) is 0 Å². The van der Waals surface area contributed by atoms with Crippen LogP contribution in [0.3, 0.4) is 0 Å². The molecule has 1 aliphatic rings. The molecule has 3 rings (SSSR count). The van der Waals surface area contributed by atoms with E-state index in [0.717, 1.165) is 26.1 Å². The number of piperazine rings is 1. The highest BCUT2D eigenvalue weighted by molar-refractivity contribution is 5.90. The summed E-state index contributed by atoms with van der Waals surface area (Å²) in [6.07, 6.45) is 0.536. The van der Waals surface area contributed by atoms with Gasteiger partial charge >= 0.3 is 12.1 Å². The minimum Gasteiger partial charge on any atom is -0.450 e. The zero-order valence-corrected chi connectivity index (χ0v) is 16.8. The summed E-state index contributed by atoms with van der Waals surface area (Å²) in [7, 11) is 0. The van der Waals surface area contributed by atoms with Crippen molar-refractivity contribution in [1.29, 1.82) is 0 Å². The SMILES string of the molecule is CCOC(=O)Nc1ccc(NC(=O)N2CCN(CCc3ccccc3)CC2)cc1. The van der Waals surface area contributed by atoms with Crippen LogP contribution in [0.1, 0.15) is 12.5 Å². The molecule has 0 aliphatic carbocycles. The van der Waals surface area contributed by atoms with Gasteiger partial charge in [0.2, 0.25) is 0 Å². The highest BCUT2D eigenvalue weighted by atomic mass is 16.5. The minimum atomic E-state index is -0.491. The van der Waals surface area contributed by atoms with Gasteiger partial charge in [-0.05, 0) is 43.2 Å². The van der Waals surface area contributed by atoms with E-state index in [1.165, 1.54) is 5.56 Å². The number of ether oxygens (including phenoxy) is 1. The van der Waals surface area contributed by atoms with Gasteiger partial charge in [0.25, 0.3) is 0 Å². The molecule has 29 heavy (non-hydrogen) atoms. The molecule has 1 fully saturated rings. The number of benzene rings is 2. The minimum absolute atomic E-state index is 0.0983. The summed E-state index contributed by atoms with van der Waals surface area (Å²) in [4.78, 5) is 28.2. The van der Waals surface area contributed by atoms with Crippen molar-refractivity contribution in [2.45, 2.75) is 13.3 Å². The maximum atomic E-state index is 12.5. The monoisotopic (exact) mass is 396 g/mol. The highest BCUT2D eigenvalue weighted by Gasteiger charge is 2.20. The number of hydrogen-bond donors (Lipinski definition) is 2. The predicted octanol–water partition coefficient (Wildman–Crippen LogP) is 3.65. The zero-order valence-electron chi connectivity index (χ0n) is 16.8. The first-order chi connectivity index (χ1) is 14.1. The summed E-state index contributed by atoms with van der Waals surface area (Å²) in [5.41, 5.74) is 2.65. The lowest BCUT2D eigenvalue weighted by Gasteiger charge is -2.34. The Morgan fingerprint density at radius 3 is 2.14 bits per heavy atom. The van der Waals surface area contributed by atoms with Gasteiger partial charge in [0.05, 0.1) is 6.61 Å². The van der Waals surface area contributed by atoms with E-state index < -0.39 is 6.09 Å². The standard InChI is InChI=1S/C22H28N4O3/c1-2-29-22(28)24-20-10-8-19(9-11-20)23-21(27)26-16-14-25(15-17-26)13-12-18-6-4-3-5-7-18/h3-11H,2,12-17H2,1H3,(H,23,27)(H,24,28). The van der Waals surface area contributed by atoms with Crippen LogP contribution in [0.4, 0.5) is 21.0 Å². The molecule has 154 valence electrons. The Balaban J connectivity index is 1.40. The van der Waals surface area contributed by atoms with Crippen molar-refractivity contribution in [2.75, 3.05) is 50.0 Å². The van der Waals surface area contributed by atoms with Gasteiger partial charge in [-0.25, -0.2) is 9.59 Å². The third-order valence-corrected chi connectivity index (χ3v) is 4.88. The molecular weight excluding hydrogens is 368 g/mol. The molecule has 0 spiro atoms. The van der Waals surface area contributed by atoms with Crippen LogP contribution in [0.15, 0.2) is 54.6 Å². The van der Waals surface area contributed by atoms with Crippen molar-refractivity contribution >= 4 is 23.5 Å². The number of anilines is 2. The first kappa shape index (κ1) is 20.7. The Morgan fingerprint density at radius 2 is 1.52 bits per heavy atom. The van der Waals surface area contributed by atoms with Crippen LogP contribution in [-0.2, 0) is 11.2 Å². The van der Waals surface area contributed by atoms with Gasteiger partial charge in [-0.2, -0.15) is 0 Å². The lowest BCUT2D eigenvalue weighted by atomic mass is 10.1. The highest BCUT2D eigenvalue weighted by Crippen LogP contribution is 2.15. The molecule has 2 aromatic rings. The molecule has 1 heterocycles. The third kappa shape index (κ3) is 6.50. The fourth-order valence-corrected chi connectivity index (χ4v) is 3.23. The quantitative estimate of drug-likeness (QED) is 0.782. The topological polar surface area (TPSA) is 73.9 Å². The van der Waals surface area contributed by atoms with E-state index >= 15 is 0 Å². The van der Waals surface area contributed by atoms with Crippen LogP contribution in [0.2, 0.25) is 0 Å². The number of hydrogen-bond acceptors (Lipinski definition) is 4. The van der Waals surface area contributed by atoms with Crippen LogP contribution in [-0.4, -0.2) is 61.3 Å². The number of amides is 3. The van der Waals surface area contributed by atoms with Crippen LogP contribution >= 0.6 is 0 Å². The predicted molar refractivity (Wildman–Crippen MR) is 114 cm³/mol. The number of rotatable bonds is 6. The van der Waals surface area contributed by atoms with Gasteiger partial charge in [-0.15, -0.1) is 0 Å². The van der Waals surface area contributed by atoms with Crippen molar-refractivity contribution in [3.63, 3.8) is 0 Å². The summed E-state index contributed by atoms with van der Waals surface area (Å²) < 4.78 is 4.84. The van der Waals surface area contributed by atoms with Crippen LogP contribution in [0, 0.1) is 0 Å². The van der Waals surface area contributed by atoms with Crippen molar-refractivity contribution in [1.82, 2.24) is 9.80 Å². The molecule has 3 amide bonds. The molecule has 0 aromatic heterocycles. The Hall–Kier alpha value is -3.06. The van der Waals surface area contributed by atoms with E-state index in [1.54, 1.807) is 31.2 Å². The first-order valence-electron chi connectivity index (χ1n) is 10.00. The molecule has 0 saturated carbocycles. The normalized spacial score (nSPS) is 14.3. The van der Waals surface area contributed by atoms with Crippen molar-refractivity contribution in [2.24, 2.45) is 0 Å². The van der Waals surface area contributed by atoms with Crippen molar-refractivity contribution < 1.29 is 14.3 Å². The van der Waals surface area contributed by atoms with Crippen LogP contribution in [0.5, 0.6) is 0 Å². The molecule has 7 heteroatoms. The van der Waals surface area contributed by atoms with Crippen molar-refractivity contribution in [3.05, 3.63) is 60.2 Å². The summed E-state index contributed by atoms with van der Waals surface area (Å²) in [6.45, 7) is 6.26. The average Bonchev–Trinajstić information content (AvgIpc) is 2.75. The second-order valence-electron chi connectivity index (χ2n) is 6.92. The number of nitrogens with one attached hydrogen (secondary N) is 2. The number of nitrogens with zero attached hydrogens (tertiary/aromatic N) is 2. The fraction of sp³-hybridized carbons (Fsp3) is 0.364. The van der Waals surface area contributed by atoms with Crippen molar-refractivity contribution in [3.8, 4) is 0 Å². The number of carbonyl (C=O) groups is 2. The third-order valence-electron chi connectivity index (χ3n) is 4.88. The Kier molecular flexibility index (Phi) is 7.47. The summed E-state index contributed by atoms with van der Waals surface area (Å²) in [5.74, 6) is 0. The second kappa shape index (κ2) is 10.5.